The summed E-state index contributed by atoms with van der Waals surface area (Å²) in [6.45, 7) is 0.0685. The van der Waals surface area contributed by atoms with Gasteiger partial charge in [0.05, 0.1) is 6.54 Å². The minimum atomic E-state index is -2.36. The van der Waals surface area contributed by atoms with Gasteiger partial charge in [0.1, 0.15) is 5.82 Å². The van der Waals surface area contributed by atoms with Crippen molar-refractivity contribution in [2.45, 2.75) is 13.0 Å². The highest BCUT2D eigenvalue weighted by molar-refractivity contribution is 5.39. The lowest BCUT2D eigenvalue weighted by Gasteiger charge is -2.17. The summed E-state index contributed by atoms with van der Waals surface area (Å²) in [6.07, 6.45) is -0.789. The van der Waals surface area contributed by atoms with E-state index in [0.29, 0.717) is 12.4 Å². The Morgan fingerprint density at radius 1 is 1.57 bits per heavy atom. The number of alkyl halides is 2. The molecule has 0 saturated carbocycles. The summed E-state index contributed by atoms with van der Waals surface area (Å²) >= 11 is 0. The smallest absolute Gasteiger partial charge is 0.255 e. The van der Waals surface area contributed by atoms with Crippen molar-refractivity contribution in [3.05, 3.63) is 23.9 Å². The van der Waals surface area contributed by atoms with Crippen molar-refractivity contribution in [3.63, 3.8) is 0 Å². The molecule has 1 heterocycles. The fourth-order valence-corrected chi connectivity index (χ4v) is 1.10. The van der Waals surface area contributed by atoms with Crippen LogP contribution >= 0.6 is 0 Å². The number of nitrogens with zero attached hydrogens (tertiary/aromatic N) is 2. The highest BCUT2D eigenvalue weighted by atomic mass is 19.3. The highest BCUT2D eigenvalue weighted by Crippen LogP contribution is 2.11. The molecule has 78 valence electrons. The molecule has 0 spiro atoms. The Kier molecular flexibility index (Phi) is 3.76. The van der Waals surface area contributed by atoms with Crippen LogP contribution in [0.4, 0.5) is 14.6 Å². The third-order valence-corrected chi connectivity index (χ3v) is 1.85. The molecular formula is C9H13F2N3. The van der Waals surface area contributed by atoms with Gasteiger partial charge in [0.25, 0.3) is 6.43 Å². The maximum Gasteiger partial charge on any atom is 0.255 e. The van der Waals surface area contributed by atoms with Crippen molar-refractivity contribution in [2.24, 2.45) is 5.73 Å². The number of hydrogen-bond donors (Lipinski definition) is 1. The van der Waals surface area contributed by atoms with Gasteiger partial charge in [0.2, 0.25) is 0 Å². The van der Waals surface area contributed by atoms with E-state index in [1.807, 2.05) is 0 Å². The van der Waals surface area contributed by atoms with Crippen molar-refractivity contribution >= 4 is 5.82 Å². The van der Waals surface area contributed by atoms with Gasteiger partial charge >= 0.3 is 0 Å². The summed E-state index contributed by atoms with van der Waals surface area (Å²) in [7, 11) is 1.58. The average molecular weight is 201 g/mol. The Morgan fingerprint density at radius 2 is 2.29 bits per heavy atom. The zero-order chi connectivity index (χ0) is 10.6. The molecule has 0 saturated heterocycles. The van der Waals surface area contributed by atoms with E-state index < -0.39 is 6.43 Å². The van der Waals surface area contributed by atoms with Gasteiger partial charge in [-0.3, -0.25) is 0 Å². The van der Waals surface area contributed by atoms with Crippen molar-refractivity contribution < 1.29 is 8.78 Å². The molecule has 0 unspecified atom stereocenters. The quantitative estimate of drug-likeness (QED) is 0.797. The molecule has 0 bridgehead atoms. The molecule has 2 N–H and O–H groups in total. The number of rotatable bonds is 4. The number of hydrogen-bond acceptors (Lipinski definition) is 3. The van der Waals surface area contributed by atoms with Crippen molar-refractivity contribution in [1.29, 1.82) is 0 Å². The first-order valence-electron chi connectivity index (χ1n) is 4.27. The lowest BCUT2D eigenvalue weighted by molar-refractivity contribution is 0.156. The van der Waals surface area contributed by atoms with Crippen molar-refractivity contribution in [2.75, 3.05) is 18.5 Å². The molecule has 0 radical (unpaired) electrons. The van der Waals surface area contributed by atoms with Crippen LogP contribution < -0.4 is 10.6 Å². The SMILES string of the molecule is CN(CC(F)F)c1cc(CN)ccn1. The van der Waals surface area contributed by atoms with Crippen LogP contribution in [0.3, 0.4) is 0 Å². The first kappa shape index (κ1) is 10.8. The number of anilines is 1. The molecule has 1 aromatic rings. The van der Waals surface area contributed by atoms with Crippen LogP contribution in [-0.2, 0) is 6.54 Å². The van der Waals surface area contributed by atoms with Crippen LogP contribution in [0.2, 0.25) is 0 Å². The minimum absolute atomic E-state index is 0.318. The molecule has 0 atom stereocenters. The number of aromatic nitrogens is 1. The summed E-state index contributed by atoms with van der Waals surface area (Å²) in [5.74, 6) is 0.522. The Labute approximate surface area is 81.5 Å². The third-order valence-electron chi connectivity index (χ3n) is 1.85. The van der Waals surface area contributed by atoms with Crippen molar-refractivity contribution in [3.8, 4) is 0 Å². The summed E-state index contributed by atoms with van der Waals surface area (Å²) in [4.78, 5) is 5.38. The Hall–Kier alpha value is -1.23. The van der Waals surface area contributed by atoms with E-state index in [4.69, 9.17) is 5.73 Å². The van der Waals surface area contributed by atoms with Crippen LogP contribution in [0.15, 0.2) is 18.3 Å². The van der Waals surface area contributed by atoms with E-state index in [0.717, 1.165) is 5.56 Å². The van der Waals surface area contributed by atoms with Gasteiger partial charge in [-0.1, -0.05) is 0 Å². The summed E-state index contributed by atoms with van der Waals surface area (Å²) in [5.41, 5.74) is 6.31. The van der Waals surface area contributed by atoms with Gasteiger partial charge < -0.3 is 10.6 Å². The maximum atomic E-state index is 12.1. The number of halogens is 2. The lowest BCUT2D eigenvalue weighted by atomic mass is 10.2. The average Bonchev–Trinajstić information content (AvgIpc) is 2.17. The summed E-state index contributed by atoms with van der Waals surface area (Å²) in [6, 6.07) is 3.47. The van der Waals surface area contributed by atoms with Crippen LogP contribution in [0.5, 0.6) is 0 Å². The lowest BCUT2D eigenvalue weighted by Crippen LogP contribution is -2.25. The fourth-order valence-electron chi connectivity index (χ4n) is 1.10. The standard InChI is InChI=1S/C9H13F2N3/c1-14(6-8(10)11)9-4-7(5-12)2-3-13-9/h2-4,8H,5-6,12H2,1H3. The van der Waals surface area contributed by atoms with E-state index in [2.05, 4.69) is 4.98 Å². The molecule has 0 aliphatic heterocycles. The number of pyridine rings is 1. The largest absolute Gasteiger partial charge is 0.354 e. The highest BCUT2D eigenvalue weighted by Gasteiger charge is 2.09. The van der Waals surface area contributed by atoms with Crippen LogP contribution in [0.25, 0.3) is 0 Å². The fraction of sp³-hybridized carbons (Fsp3) is 0.444. The van der Waals surface area contributed by atoms with E-state index in [9.17, 15) is 8.78 Å². The molecule has 1 rings (SSSR count). The Balaban J connectivity index is 2.73. The Morgan fingerprint density at radius 3 is 2.86 bits per heavy atom. The van der Waals surface area contributed by atoms with Gasteiger partial charge in [0.15, 0.2) is 0 Å². The van der Waals surface area contributed by atoms with Crippen LogP contribution in [0, 0.1) is 0 Å². The number of nitrogens with two attached hydrogens (primary N) is 1. The first-order chi connectivity index (χ1) is 6.63. The zero-order valence-electron chi connectivity index (χ0n) is 7.95. The van der Waals surface area contributed by atoms with Gasteiger partial charge in [-0.05, 0) is 17.7 Å². The maximum absolute atomic E-state index is 12.1. The normalized spacial score (nSPS) is 10.6. The molecule has 0 aromatic carbocycles. The minimum Gasteiger partial charge on any atom is -0.354 e. The second-order valence-corrected chi connectivity index (χ2v) is 3.00. The van der Waals surface area contributed by atoms with Gasteiger partial charge in [-0.15, -0.1) is 0 Å². The molecule has 0 aliphatic rings. The monoisotopic (exact) mass is 201 g/mol. The van der Waals surface area contributed by atoms with Crippen LogP contribution in [0.1, 0.15) is 5.56 Å². The topological polar surface area (TPSA) is 42.1 Å². The third kappa shape index (κ3) is 2.92. The molecule has 5 heteroatoms. The Bertz CT molecular complexity index is 291. The molecule has 0 fully saturated rings. The summed E-state index contributed by atoms with van der Waals surface area (Å²) in [5, 5.41) is 0. The van der Waals surface area contributed by atoms with E-state index >= 15 is 0 Å². The molecule has 0 amide bonds. The van der Waals surface area contributed by atoms with E-state index in [1.54, 1.807) is 25.4 Å². The van der Waals surface area contributed by atoms with Crippen LogP contribution in [-0.4, -0.2) is 25.0 Å². The van der Waals surface area contributed by atoms with E-state index in [-0.39, 0.29) is 6.54 Å². The molecular weight excluding hydrogens is 188 g/mol. The van der Waals surface area contributed by atoms with Crippen molar-refractivity contribution in [1.82, 2.24) is 4.98 Å². The molecule has 0 aliphatic carbocycles. The molecule has 1 aromatic heterocycles. The summed E-state index contributed by atoms with van der Waals surface area (Å²) < 4.78 is 24.1. The predicted molar refractivity (Wildman–Crippen MR) is 51.4 cm³/mol. The van der Waals surface area contributed by atoms with Gasteiger partial charge in [-0.25, -0.2) is 13.8 Å². The zero-order valence-corrected chi connectivity index (χ0v) is 7.95. The molecule has 14 heavy (non-hydrogen) atoms. The predicted octanol–water partition coefficient (Wildman–Crippen LogP) is 1.24. The molecule has 3 nitrogen and oxygen atoms in total. The second-order valence-electron chi connectivity index (χ2n) is 3.00. The first-order valence-corrected chi connectivity index (χ1v) is 4.27. The van der Waals surface area contributed by atoms with E-state index in [1.165, 1.54) is 4.90 Å². The second kappa shape index (κ2) is 4.85. The van der Waals surface area contributed by atoms with Gasteiger partial charge in [-0.2, -0.15) is 0 Å². The van der Waals surface area contributed by atoms with Gasteiger partial charge in [0, 0.05) is 19.8 Å².